The smallest absolute Gasteiger partial charge is 0.265 e. The number of rotatable bonds is 4. The minimum Gasteiger partial charge on any atom is -0.481 e. The van der Waals surface area contributed by atoms with Crippen LogP contribution in [-0.2, 0) is 4.79 Å². The van der Waals surface area contributed by atoms with Crippen molar-refractivity contribution in [2.75, 3.05) is 5.32 Å². The van der Waals surface area contributed by atoms with Crippen LogP contribution in [0.5, 0.6) is 5.75 Å². The van der Waals surface area contributed by atoms with Crippen molar-refractivity contribution in [1.29, 1.82) is 0 Å². The molecule has 4 heteroatoms. The SMILES string of the molecule is Cc1ccc(O[C@@H](C)C(=O)Nc2ccc(I)cc2C)cc1. The predicted octanol–water partition coefficient (Wildman–Crippen LogP) is 4.31. The summed E-state index contributed by atoms with van der Waals surface area (Å²) in [5, 5.41) is 2.90. The fraction of sp³-hybridized carbons (Fsp3) is 0.235. The van der Waals surface area contributed by atoms with E-state index in [1.807, 2.05) is 56.3 Å². The number of anilines is 1. The molecule has 0 saturated carbocycles. The van der Waals surface area contributed by atoms with Crippen LogP contribution in [-0.4, -0.2) is 12.0 Å². The Morgan fingerprint density at radius 3 is 2.43 bits per heavy atom. The van der Waals surface area contributed by atoms with E-state index >= 15 is 0 Å². The van der Waals surface area contributed by atoms with Crippen molar-refractivity contribution in [3.05, 3.63) is 57.2 Å². The molecule has 0 aromatic heterocycles. The van der Waals surface area contributed by atoms with Crippen LogP contribution in [0, 0.1) is 17.4 Å². The molecule has 1 atom stereocenters. The van der Waals surface area contributed by atoms with Gasteiger partial charge in [0.1, 0.15) is 5.75 Å². The molecule has 0 bridgehead atoms. The fourth-order valence-corrected chi connectivity index (χ4v) is 2.52. The second-order valence-electron chi connectivity index (χ2n) is 5.02. The molecule has 0 aliphatic heterocycles. The Morgan fingerprint density at radius 2 is 1.81 bits per heavy atom. The number of benzene rings is 2. The van der Waals surface area contributed by atoms with Crippen molar-refractivity contribution in [3.8, 4) is 5.75 Å². The van der Waals surface area contributed by atoms with Crippen LogP contribution in [0.4, 0.5) is 5.69 Å². The van der Waals surface area contributed by atoms with Crippen molar-refractivity contribution in [3.63, 3.8) is 0 Å². The van der Waals surface area contributed by atoms with Gasteiger partial charge in [0.25, 0.3) is 5.91 Å². The van der Waals surface area contributed by atoms with Gasteiger partial charge < -0.3 is 10.1 Å². The standard InChI is InChI=1S/C17H18INO2/c1-11-4-7-15(8-5-11)21-13(3)17(20)19-16-9-6-14(18)10-12(16)2/h4-10,13H,1-3H3,(H,19,20)/t13-/m0/s1. The highest BCUT2D eigenvalue weighted by atomic mass is 127. The Kier molecular flexibility index (Phi) is 5.22. The number of hydrogen-bond donors (Lipinski definition) is 1. The van der Waals surface area contributed by atoms with Crippen LogP contribution in [0.3, 0.4) is 0 Å². The van der Waals surface area contributed by atoms with Crippen LogP contribution in [0.1, 0.15) is 18.1 Å². The van der Waals surface area contributed by atoms with E-state index in [4.69, 9.17) is 4.74 Å². The third kappa shape index (κ3) is 4.46. The van der Waals surface area contributed by atoms with Crippen LogP contribution in [0.2, 0.25) is 0 Å². The van der Waals surface area contributed by atoms with Gasteiger partial charge in [0, 0.05) is 9.26 Å². The molecule has 1 N–H and O–H groups in total. The molecule has 0 saturated heterocycles. The van der Waals surface area contributed by atoms with E-state index in [2.05, 4.69) is 27.9 Å². The number of amides is 1. The minimum atomic E-state index is -0.550. The van der Waals surface area contributed by atoms with Crippen molar-refractivity contribution in [2.45, 2.75) is 26.9 Å². The van der Waals surface area contributed by atoms with Crippen molar-refractivity contribution < 1.29 is 9.53 Å². The number of carbonyl (C=O) groups is 1. The summed E-state index contributed by atoms with van der Waals surface area (Å²) in [4.78, 5) is 12.2. The molecule has 0 radical (unpaired) electrons. The molecule has 2 rings (SSSR count). The highest BCUT2D eigenvalue weighted by molar-refractivity contribution is 14.1. The molecular formula is C17H18INO2. The topological polar surface area (TPSA) is 38.3 Å². The van der Waals surface area contributed by atoms with Crippen molar-refractivity contribution in [2.24, 2.45) is 0 Å². The lowest BCUT2D eigenvalue weighted by molar-refractivity contribution is -0.122. The zero-order chi connectivity index (χ0) is 15.4. The Hall–Kier alpha value is -1.56. The van der Waals surface area contributed by atoms with Gasteiger partial charge >= 0.3 is 0 Å². The molecule has 0 spiro atoms. The van der Waals surface area contributed by atoms with E-state index in [9.17, 15) is 4.79 Å². The lowest BCUT2D eigenvalue weighted by Crippen LogP contribution is -2.30. The normalized spacial score (nSPS) is 11.8. The second-order valence-corrected chi connectivity index (χ2v) is 6.27. The van der Waals surface area contributed by atoms with E-state index in [1.54, 1.807) is 6.92 Å². The number of nitrogens with one attached hydrogen (secondary N) is 1. The third-order valence-corrected chi connectivity index (χ3v) is 3.82. The third-order valence-electron chi connectivity index (χ3n) is 3.15. The molecule has 0 heterocycles. The van der Waals surface area contributed by atoms with Gasteiger partial charge in [-0.1, -0.05) is 17.7 Å². The molecule has 3 nitrogen and oxygen atoms in total. The number of carbonyl (C=O) groups excluding carboxylic acids is 1. The van der Waals surface area contributed by atoms with E-state index in [1.165, 1.54) is 0 Å². The van der Waals surface area contributed by atoms with Gasteiger partial charge in [0.15, 0.2) is 6.10 Å². The number of ether oxygens (including phenoxy) is 1. The predicted molar refractivity (Wildman–Crippen MR) is 93.8 cm³/mol. The van der Waals surface area contributed by atoms with Gasteiger partial charge in [0.2, 0.25) is 0 Å². The Morgan fingerprint density at radius 1 is 1.14 bits per heavy atom. The van der Waals surface area contributed by atoms with Crippen LogP contribution in [0.25, 0.3) is 0 Å². The molecule has 110 valence electrons. The van der Waals surface area contributed by atoms with Gasteiger partial charge in [-0.15, -0.1) is 0 Å². The van der Waals surface area contributed by atoms with E-state index in [0.29, 0.717) is 5.75 Å². The molecule has 0 aliphatic carbocycles. The van der Waals surface area contributed by atoms with Crippen LogP contribution in [0.15, 0.2) is 42.5 Å². The van der Waals surface area contributed by atoms with Crippen LogP contribution < -0.4 is 10.1 Å². The zero-order valence-electron chi connectivity index (χ0n) is 12.3. The summed E-state index contributed by atoms with van der Waals surface area (Å²) >= 11 is 2.25. The number of halogens is 1. The largest absolute Gasteiger partial charge is 0.481 e. The first-order chi connectivity index (χ1) is 9.95. The highest BCUT2D eigenvalue weighted by Gasteiger charge is 2.15. The van der Waals surface area contributed by atoms with Crippen molar-refractivity contribution in [1.82, 2.24) is 0 Å². The van der Waals surface area contributed by atoms with Gasteiger partial charge in [-0.25, -0.2) is 0 Å². The molecule has 1 amide bonds. The quantitative estimate of drug-likeness (QED) is 0.784. The first-order valence-corrected chi connectivity index (χ1v) is 7.84. The number of aryl methyl sites for hydroxylation is 2. The molecule has 0 fully saturated rings. The summed E-state index contributed by atoms with van der Waals surface area (Å²) in [5.41, 5.74) is 3.02. The summed E-state index contributed by atoms with van der Waals surface area (Å²) in [6.07, 6.45) is -0.550. The molecule has 2 aromatic rings. The Balaban J connectivity index is 2.00. The average molecular weight is 395 g/mol. The van der Waals surface area contributed by atoms with E-state index < -0.39 is 6.10 Å². The first kappa shape index (κ1) is 15.8. The van der Waals surface area contributed by atoms with Gasteiger partial charge in [-0.05, 0) is 79.3 Å². The molecular weight excluding hydrogens is 377 g/mol. The maximum atomic E-state index is 12.2. The van der Waals surface area contributed by atoms with Crippen LogP contribution >= 0.6 is 22.6 Å². The number of hydrogen-bond acceptors (Lipinski definition) is 2. The Labute approximate surface area is 138 Å². The summed E-state index contributed by atoms with van der Waals surface area (Å²) in [5.74, 6) is 0.544. The Bertz CT molecular complexity index is 638. The molecule has 2 aromatic carbocycles. The van der Waals surface area contributed by atoms with E-state index in [-0.39, 0.29) is 5.91 Å². The van der Waals surface area contributed by atoms with Crippen molar-refractivity contribution >= 4 is 34.2 Å². The monoisotopic (exact) mass is 395 g/mol. The average Bonchev–Trinajstić information content (AvgIpc) is 2.44. The summed E-state index contributed by atoms with van der Waals surface area (Å²) < 4.78 is 6.80. The zero-order valence-corrected chi connectivity index (χ0v) is 14.5. The van der Waals surface area contributed by atoms with Gasteiger partial charge in [-0.3, -0.25) is 4.79 Å². The summed E-state index contributed by atoms with van der Waals surface area (Å²) in [7, 11) is 0. The molecule has 0 aliphatic rings. The maximum absolute atomic E-state index is 12.2. The van der Waals surface area contributed by atoms with E-state index in [0.717, 1.165) is 20.4 Å². The highest BCUT2D eigenvalue weighted by Crippen LogP contribution is 2.19. The molecule has 21 heavy (non-hydrogen) atoms. The maximum Gasteiger partial charge on any atom is 0.265 e. The summed E-state index contributed by atoms with van der Waals surface area (Å²) in [6.45, 7) is 5.74. The lowest BCUT2D eigenvalue weighted by atomic mass is 10.2. The summed E-state index contributed by atoms with van der Waals surface area (Å²) in [6, 6.07) is 13.6. The lowest BCUT2D eigenvalue weighted by Gasteiger charge is -2.16. The molecule has 0 unspecified atom stereocenters. The first-order valence-electron chi connectivity index (χ1n) is 6.76. The minimum absolute atomic E-state index is 0.153. The van der Waals surface area contributed by atoms with Gasteiger partial charge in [0.05, 0.1) is 0 Å². The van der Waals surface area contributed by atoms with Gasteiger partial charge in [-0.2, -0.15) is 0 Å². The fourth-order valence-electron chi connectivity index (χ4n) is 1.88. The second kappa shape index (κ2) is 6.93.